The van der Waals surface area contributed by atoms with Gasteiger partial charge >= 0.3 is 0 Å². The monoisotopic (exact) mass is 760 g/mol. The maximum Gasteiger partial charge on any atom is 0.166 e. The van der Waals surface area contributed by atoms with Crippen molar-refractivity contribution in [3.63, 3.8) is 0 Å². The third-order valence-electron chi connectivity index (χ3n) is 11.1. The lowest BCUT2D eigenvalue weighted by Crippen LogP contribution is -2.04. The summed E-state index contributed by atoms with van der Waals surface area (Å²) in [7, 11) is 0. The topological polar surface area (TPSA) is 43.6 Å². The van der Waals surface area contributed by atoms with Crippen molar-refractivity contribution < 1.29 is 0 Å². The fraction of sp³-hybridized carbons (Fsp3) is 0.0377. The predicted molar refractivity (Wildman–Crippen MR) is 244 cm³/mol. The first kappa shape index (κ1) is 34.1. The summed E-state index contributed by atoms with van der Waals surface area (Å²) in [4.78, 5) is 15.7. The van der Waals surface area contributed by atoms with Crippen LogP contribution in [0.3, 0.4) is 0 Å². The first-order chi connectivity index (χ1) is 28.6. The largest absolute Gasteiger partial charge is 0.309 e. The van der Waals surface area contributed by atoms with E-state index in [-0.39, 0.29) is 0 Å². The number of hydrogen-bond acceptors (Lipinski definition) is 4. The van der Waals surface area contributed by atoms with Crippen LogP contribution in [0.15, 0.2) is 182 Å². The zero-order chi connectivity index (χ0) is 38.7. The molecule has 0 N–H and O–H groups in total. The first-order valence-corrected chi connectivity index (χ1v) is 20.4. The number of nitrogens with zero attached hydrogens (tertiary/aromatic N) is 4. The summed E-state index contributed by atoms with van der Waals surface area (Å²) in [6, 6.07) is 64.9. The van der Waals surface area contributed by atoms with Gasteiger partial charge in [0.1, 0.15) is 0 Å². The van der Waals surface area contributed by atoms with E-state index in [1.807, 2.05) is 47.7 Å². The molecule has 58 heavy (non-hydrogen) atoms. The second kappa shape index (κ2) is 13.8. The Morgan fingerprint density at radius 3 is 1.72 bits per heavy atom. The number of hydrogen-bond donors (Lipinski definition) is 0. The molecule has 0 aliphatic heterocycles. The van der Waals surface area contributed by atoms with E-state index >= 15 is 0 Å². The van der Waals surface area contributed by atoms with Crippen molar-refractivity contribution in [2.45, 2.75) is 13.8 Å². The lowest BCUT2D eigenvalue weighted by molar-refractivity contribution is 1.06. The quantitative estimate of drug-likeness (QED) is 0.169. The van der Waals surface area contributed by atoms with E-state index in [9.17, 15) is 0 Å². The van der Waals surface area contributed by atoms with Crippen molar-refractivity contribution in [3.8, 4) is 62.1 Å². The van der Waals surface area contributed by atoms with Crippen molar-refractivity contribution in [1.29, 1.82) is 0 Å². The third kappa shape index (κ3) is 5.78. The smallest absolute Gasteiger partial charge is 0.166 e. The van der Waals surface area contributed by atoms with Gasteiger partial charge in [-0.05, 0) is 72.5 Å². The molecule has 0 bridgehead atoms. The highest BCUT2D eigenvalue weighted by Crippen LogP contribution is 2.43. The van der Waals surface area contributed by atoms with E-state index in [0.717, 1.165) is 39.0 Å². The Bertz CT molecular complexity index is 3280. The van der Waals surface area contributed by atoms with Gasteiger partial charge in [0.15, 0.2) is 17.5 Å². The SMILES string of the molecule is Cc1cc(C)cc(-c2ccc3c(c2)c2ccccc2n3-c2ccc(-c3cccc4c3sc3ccccc34)cc2-c2nc(-c3ccccc3)nc(-c3ccccc3)n2)c1. The summed E-state index contributed by atoms with van der Waals surface area (Å²) in [5.74, 6) is 1.88. The maximum atomic E-state index is 5.30. The Hall–Kier alpha value is -7.21. The lowest BCUT2D eigenvalue weighted by atomic mass is 9.98. The maximum absolute atomic E-state index is 5.30. The molecular weight excluding hydrogens is 725 g/mol. The molecule has 8 aromatic carbocycles. The summed E-state index contributed by atoms with van der Waals surface area (Å²) >= 11 is 1.84. The van der Waals surface area contributed by atoms with Crippen molar-refractivity contribution in [1.82, 2.24) is 19.5 Å². The molecule has 3 heterocycles. The molecule has 0 amide bonds. The van der Waals surface area contributed by atoms with Crippen molar-refractivity contribution >= 4 is 53.3 Å². The standard InChI is InChI=1S/C53H36N4S/c1-33-28-34(2)30-39(29-33)37-24-26-47-44(31-37)41-18-9-11-22-46(41)57(47)48-27-25-38(40-20-13-21-43-42-19-10-12-23-49(42)58-50(40)43)32-45(48)53-55-51(35-14-5-3-6-15-35)54-52(56-53)36-16-7-4-8-17-36/h3-32H,1-2H3. The second-order valence-electron chi connectivity index (χ2n) is 15.0. The average molecular weight is 761 g/mol. The number of aromatic nitrogens is 4. The molecule has 11 rings (SSSR count). The number of aryl methyl sites for hydroxylation is 2. The van der Waals surface area contributed by atoms with Crippen LogP contribution in [0.25, 0.3) is 104 Å². The van der Waals surface area contributed by atoms with Gasteiger partial charge in [-0.15, -0.1) is 11.3 Å². The molecule has 0 aliphatic rings. The molecule has 5 heteroatoms. The van der Waals surface area contributed by atoms with Crippen LogP contribution in [0.5, 0.6) is 0 Å². The molecule has 274 valence electrons. The van der Waals surface area contributed by atoms with Crippen LogP contribution in [0, 0.1) is 13.8 Å². The molecule has 0 unspecified atom stereocenters. The van der Waals surface area contributed by atoms with Gasteiger partial charge in [0.25, 0.3) is 0 Å². The Labute approximate surface area is 340 Å². The van der Waals surface area contributed by atoms with Gasteiger partial charge in [-0.2, -0.15) is 0 Å². The minimum Gasteiger partial charge on any atom is -0.309 e. The summed E-state index contributed by atoms with van der Waals surface area (Å²) < 4.78 is 4.94. The minimum absolute atomic E-state index is 0.617. The summed E-state index contributed by atoms with van der Waals surface area (Å²) in [5.41, 5.74) is 13.3. The Morgan fingerprint density at radius 1 is 0.379 bits per heavy atom. The van der Waals surface area contributed by atoms with E-state index in [1.54, 1.807) is 0 Å². The van der Waals surface area contributed by atoms with Gasteiger partial charge < -0.3 is 4.57 Å². The number of fused-ring (bicyclic) bond motifs is 6. The second-order valence-corrected chi connectivity index (χ2v) is 16.1. The van der Waals surface area contributed by atoms with Crippen molar-refractivity contribution in [2.75, 3.05) is 0 Å². The van der Waals surface area contributed by atoms with E-state index in [4.69, 9.17) is 15.0 Å². The molecule has 0 aliphatic carbocycles. The average Bonchev–Trinajstić information content (AvgIpc) is 3.82. The fourth-order valence-corrected chi connectivity index (χ4v) is 9.77. The Kier molecular flexibility index (Phi) is 8.09. The minimum atomic E-state index is 0.617. The summed E-state index contributed by atoms with van der Waals surface area (Å²) in [6.45, 7) is 4.34. The van der Waals surface area contributed by atoms with Crippen molar-refractivity contribution in [2.24, 2.45) is 0 Å². The van der Waals surface area contributed by atoms with Gasteiger partial charge in [0, 0.05) is 47.6 Å². The highest BCUT2D eigenvalue weighted by atomic mass is 32.1. The molecule has 0 atom stereocenters. The number of para-hydroxylation sites is 1. The van der Waals surface area contributed by atoms with Crippen LogP contribution in [0.2, 0.25) is 0 Å². The molecule has 3 aromatic heterocycles. The van der Waals surface area contributed by atoms with Crippen LogP contribution in [0.1, 0.15) is 11.1 Å². The van der Waals surface area contributed by atoms with Crippen molar-refractivity contribution in [3.05, 3.63) is 193 Å². The van der Waals surface area contributed by atoms with Crippen LogP contribution < -0.4 is 0 Å². The molecule has 11 aromatic rings. The molecule has 0 radical (unpaired) electrons. The molecule has 0 fully saturated rings. The van der Waals surface area contributed by atoms with Gasteiger partial charge in [0.2, 0.25) is 0 Å². The van der Waals surface area contributed by atoms with Crippen LogP contribution in [-0.2, 0) is 0 Å². The van der Waals surface area contributed by atoms with E-state index in [1.165, 1.54) is 58.8 Å². The molecule has 0 saturated carbocycles. The van der Waals surface area contributed by atoms with E-state index in [0.29, 0.717) is 17.5 Å². The lowest BCUT2D eigenvalue weighted by Gasteiger charge is -2.17. The summed E-state index contributed by atoms with van der Waals surface area (Å²) in [5, 5.41) is 4.94. The number of benzene rings is 8. The normalized spacial score (nSPS) is 11.6. The van der Waals surface area contributed by atoms with Gasteiger partial charge in [-0.1, -0.05) is 157 Å². The first-order valence-electron chi connectivity index (χ1n) is 19.6. The molecule has 0 saturated heterocycles. The van der Waals surface area contributed by atoms with Gasteiger partial charge in [0.05, 0.1) is 16.7 Å². The highest BCUT2D eigenvalue weighted by molar-refractivity contribution is 7.26. The van der Waals surface area contributed by atoms with E-state index < -0.39 is 0 Å². The highest BCUT2D eigenvalue weighted by Gasteiger charge is 2.21. The Morgan fingerprint density at radius 2 is 0.983 bits per heavy atom. The van der Waals surface area contributed by atoms with Gasteiger partial charge in [-0.25, -0.2) is 15.0 Å². The number of thiophene rings is 1. The zero-order valence-electron chi connectivity index (χ0n) is 32.0. The Balaban J connectivity index is 1.21. The molecule has 0 spiro atoms. The van der Waals surface area contributed by atoms with Gasteiger partial charge in [-0.3, -0.25) is 0 Å². The van der Waals surface area contributed by atoms with Crippen LogP contribution in [0.4, 0.5) is 0 Å². The number of rotatable bonds is 6. The van der Waals surface area contributed by atoms with Crippen LogP contribution >= 0.6 is 11.3 Å². The molecule has 4 nitrogen and oxygen atoms in total. The zero-order valence-corrected chi connectivity index (χ0v) is 32.8. The van der Waals surface area contributed by atoms with E-state index in [2.05, 4.69) is 164 Å². The summed E-state index contributed by atoms with van der Waals surface area (Å²) in [6.07, 6.45) is 0. The predicted octanol–water partition coefficient (Wildman–Crippen LogP) is 14.3. The fourth-order valence-electron chi connectivity index (χ4n) is 8.53. The molecular formula is C53H36N4S. The third-order valence-corrected chi connectivity index (χ3v) is 12.3. The van der Waals surface area contributed by atoms with Crippen LogP contribution in [-0.4, -0.2) is 19.5 Å².